The normalized spacial score (nSPS) is 18.5. The number of hydrogen-bond acceptors (Lipinski definition) is 4. The van der Waals surface area contributed by atoms with E-state index in [0.29, 0.717) is 23.8 Å². The molecule has 0 atom stereocenters. The summed E-state index contributed by atoms with van der Waals surface area (Å²) in [4.78, 5) is 0.910. The van der Waals surface area contributed by atoms with Gasteiger partial charge >= 0.3 is 0 Å². The van der Waals surface area contributed by atoms with Crippen LogP contribution in [0.15, 0.2) is 16.3 Å². The van der Waals surface area contributed by atoms with Gasteiger partial charge in [0, 0.05) is 24.5 Å². The lowest BCUT2D eigenvalue weighted by Gasteiger charge is -2.13. The smallest absolute Gasteiger partial charge is 0.252 e. The Bertz CT molecular complexity index is 433. The first kappa shape index (κ1) is 11.1. The fourth-order valence-corrected chi connectivity index (χ4v) is 4.57. The molecule has 1 aromatic heterocycles. The fourth-order valence-electron chi connectivity index (χ4n) is 1.66. The zero-order valence-corrected chi connectivity index (χ0v) is 9.98. The lowest BCUT2D eigenvalue weighted by atomic mass is 10.4. The quantitative estimate of drug-likeness (QED) is 0.865. The van der Waals surface area contributed by atoms with Crippen molar-refractivity contribution in [2.24, 2.45) is 5.73 Å². The summed E-state index contributed by atoms with van der Waals surface area (Å²) in [6.45, 7) is 1.70. The van der Waals surface area contributed by atoms with Gasteiger partial charge in [-0.25, -0.2) is 8.42 Å². The van der Waals surface area contributed by atoms with Crippen LogP contribution in [0.5, 0.6) is 0 Å². The van der Waals surface area contributed by atoms with Gasteiger partial charge < -0.3 is 5.73 Å². The molecule has 0 aliphatic carbocycles. The maximum Gasteiger partial charge on any atom is 0.252 e. The molecule has 84 valence electrons. The summed E-state index contributed by atoms with van der Waals surface area (Å²) < 4.78 is 26.1. The summed E-state index contributed by atoms with van der Waals surface area (Å²) in [5, 5.41) is 0. The molecule has 2 N–H and O–H groups in total. The Morgan fingerprint density at radius 1 is 1.33 bits per heavy atom. The highest BCUT2D eigenvalue weighted by atomic mass is 32.2. The van der Waals surface area contributed by atoms with E-state index in [2.05, 4.69) is 0 Å². The van der Waals surface area contributed by atoms with Crippen molar-refractivity contribution in [1.82, 2.24) is 4.31 Å². The van der Waals surface area contributed by atoms with Crippen LogP contribution in [-0.2, 0) is 16.6 Å². The SMILES string of the molecule is NCc1ccc(S(=O)(=O)N2CCCC2)s1. The molecule has 1 fully saturated rings. The maximum absolute atomic E-state index is 12.1. The molecule has 0 aromatic carbocycles. The third kappa shape index (κ3) is 2.08. The Kier molecular flexibility index (Phi) is 3.11. The number of nitrogens with two attached hydrogens (primary N) is 1. The molecule has 1 aromatic rings. The second-order valence-electron chi connectivity index (χ2n) is 3.54. The number of sulfonamides is 1. The van der Waals surface area contributed by atoms with Gasteiger partial charge in [0.05, 0.1) is 0 Å². The molecule has 2 heterocycles. The van der Waals surface area contributed by atoms with Crippen molar-refractivity contribution < 1.29 is 8.42 Å². The molecule has 1 saturated heterocycles. The zero-order valence-electron chi connectivity index (χ0n) is 8.35. The molecule has 15 heavy (non-hydrogen) atoms. The van der Waals surface area contributed by atoms with E-state index in [4.69, 9.17) is 5.73 Å². The molecular weight excluding hydrogens is 232 g/mol. The number of thiophene rings is 1. The van der Waals surface area contributed by atoms with Gasteiger partial charge in [0.25, 0.3) is 10.0 Å². The van der Waals surface area contributed by atoms with E-state index in [1.54, 1.807) is 16.4 Å². The summed E-state index contributed by atoms with van der Waals surface area (Å²) in [6, 6.07) is 3.44. The summed E-state index contributed by atoms with van der Waals surface area (Å²) >= 11 is 1.27. The molecular formula is C9H14N2O2S2. The topological polar surface area (TPSA) is 63.4 Å². The first-order valence-electron chi connectivity index (χ1n) is 4.93. The van der Waals surface area contributed by atoms with Crippen LogP contribution in [0.3, 0.4) is 0 Å². The van der Waals surface area contributed by atoms with Gasteiger partial charge in [0.15, 0.2) is 0 Å². The van der Waals surface area contributed by atoms with Gasteiger partial charge in [-0.3, -0.25) is 0 Å². The lowest BCUT2D eigenvalue weighted by molar-refractivity contribution is 0.479. The molecule has 1 aliphatic heterocycles. The van der Waals surface area contributed by atoms with Crippen LogP contribution in [0.25, 0.3) is 0 Å². The van der Waals surface area contributed by atoms with Gasteiger partial charge in [0.1, 0.15) is 4.21 Å². The molecule has 4 nitrogen and oxygen atoms in total. The van der Waals surface area contributed by atoms with E-state index >= 15 is 0 Å². The van der Waals surface area contributed by atoms with Crippen LogP contribution in [0, 0.1) is 0 Å². The van der Waals surface area contributed by atoms with E-state index < -0.39 is 10.0 Å². The highest BCUT2D eigenvalue weighted by Crippen LogP contribution is 2.26. The van der Waals surface area contributed by atoms with Gasteiger partial charge in [-0.2, -0.15) is 4.31 Å². The predicted molar refractivity (Wildman–Crippen MR) is 60.2 cm³/mol. The van der Waals surface area contributed by atoms with E-state index in [1.807, 2.05) is 0 Å². The Morgan fingerprint density at radius 3 is 2.53 bits per heavy atom. The average Bonchev–Trinajstić information content (AvgIpc) is 2.89. The van der Waals surface area contributed by atoms with Gasteiger partial charge in [-0.05, 0) is 25.0 Å². The molecule has 0 radical (unpaired) electrons. The lowest BCUT2D eigenvalue weighted by Crippen LogP contribution is -2.27. The minimum Gasteiger partial charge on any atom is -0.326 e. The van der Waals surface area contributed by atoms with Crippen molar-refractivity contribution in [1.29, 1.82) is 0 Å². The summed E-state index contributed by atoms with van der Waals surface area (Å²) in [5.74, 6) is 0. The van der Waals surface area contributed by atoms with Crippen molar-refractivity contribution in [2.45, 2.75) is 23.6 Å². The monoisotopic (exact) mass is 246 g/mol. The average molecular weight is 246 g/mol. The summed E-state index contributed by atoms with van der Waals surface area (Å²) in [5.41, 5.74) is 5.46. The Labute approximate surface area is 93.8 Å². The standard InChI is InChI=1S/C9H14N2O2S2/c10-7-8-3-4-9(14-8)15(12,13)11-5-1-2-6-11/h3-4H,1-2,5-7,10H2. The molecule has 0 spiro atoms. The first-order chi connectivity index (χ1) is 7.14. The molecule has 6 heteroatoms. The van der Waals surface area contributed by atoms with E-state index in [1.165, 1.54) is 11.3 Å². The second kappa shape index (κ2) is 4.21. The van der Waals surface area contributed by atoms with Crippen LogP contribution >= 0.6 is 11.3 Å². The van der Waals surface area contributed by atoms with Crippen LogP contribution in [0.2, 0.25) is 0 Å². The van der Waals surface area contributed by atoms with Crippen LogP contribution in [0.1, 0.15) is 17.7 Å². The Hall–Kier alpha value is -0.430. The van der Waals surface area contributed by atoms with Gasteiger partial charge in [-0.1, -0.05) is 0 Å². The largest absolute Gasteiger partial charge is 0.326 e. The molecule has 0 unspecified atom stereocenters. The first-order valence-corrected chi connectivity index (χ1v) is 7.19. The van der Waals surface area contributed by atoms with Crippen molar-refractivity contribution >= 4 is 21.4 Å². The molecule has 1 aliphatic rings. The van der Waals surface area contributed by atoms with E-state index in [0.717, 1.165) is 17.7 Å². The fraction of sp³-hybridized carbons (Fsp3) is 0.556. The molecule has 0 bridgehead atoms. The van der Waals surface area contributed by atoms with Crippen molar-refractivity contribution in [2.75, 3.05) is 13.1 Å². The van der Waals surface area contributed by atoms with Gasteiger partial charge in [-0.15, -0.1) is 11.3 Å². The Balaban J connectivity index is 2.28. The third-order valence-corrected chi connectivity index (χ3v) is 5.97. The zero-order chi connectivity index (χ0) is 10.9. The maximum atomic E-state index is 12.1. The van der Waals surface area contributed by atoms with Crippen LogP contribution in [0.4, 0.5) is 0 Å². The highest BCUT2D eigenvalue weighted by molar-refractivity contribution is 7.91. The highest BCUT2D eigenvalue weighted by Gasteiger charge is 2.28. The van der Waals surface area contributed by atoms with E-state index in [-0.39, 0.29) is 0 Å². The minimum absolute atomic E-state index is 0.403. The van der Waals surface area contributed by atoms with Gasteiger partial charge in [0.2, 0.25) is 0 Å². The molecule has 0 saturated carbocycles. The third-order valence-electron chi connectivity index (χ3n) is 2.50. The Morgan fingerprint density at radius 2 is 2.00 bits per heavy atom. The number of rotatable bonds is 3. The summed E-state index contributed by atoms with van der Waals surface area (Å²) in [6.07, 6.45) is 1.93. The molecule has 0 amide bonds. The van der Waals surface area contributed by atoms with Crippen molar-refractivity contribution in [3.8, 4) is 0 Å². The summed E-state index contributed by atoms with van der Waals surface area (Å²) in [7, 11) is -3.23. The van der Waals surface area contributed by atoms with E-state index in [9.17, 15) is 8.42 Å². The number of nitrogens with zero attached hydrogens (tertiary/aromatic N) is 1. The van der Waals surface area contributed by atoms with Crippen molar-refractivity contribution in [3.05, 3.63) is 17.0 Å². The minimum atomic E-state index is -3.23. The predicted octanol–water partition coefficient (Wildman–Crippen LogP) is 0.991. The van der Waals surface area contributed by atoms with Crippen LogP contribution in [-0.4, -0.2) is 25.8 Å². The molecule has 2 rings (SSSR count). The second-order valence-corrected chi connectivity index (χ2v) is 6.87. The number of hydrogen-bond donors (Lipinski definition) is 1. The van der Waals surface area contributed by atoms with Crippen LogP contribution < -0.4 is 5.73 Å². The van der Waals surface area contributed by atoms with Crippen molar-refractivity contribution in [3.63, 3.8) is 0 Å².